The van der Waals surface area contributed by atoms with Crippen LogP contribution in [-0.2, 0) is 13.1 Å². The van der Waals surface area contributed by atoms with Crippen LogP contribution >= 0.6 is 23.2 Å². The van der Waals surface area contributed by atoms with Gasteiger partial charge < -0.3 is 5.73 Å². The van der Waals surface area contributed by atoms with Gasteiger partial charge in [0.15, 0.2) is 6.34 Å². The van der Waals surface area contributed by atoms with E-state index < -0.39 is 0 Å². The first kappa shape index (κ1) is 17.6. The van der Waals surface area contributed by atoms with Crippen molar-refractivity contribution in [3.05, 3.63) is 51.1 Å². The minimum Gasteiger partial charge on any atom is -0.326 e. The lowest BCUT2D eigenvalue weighted by atomic mass is 9.99. The zero-order chi connectivity index (χ0) is 16.8. The Morgan fingerprint density at radius 2 is 2.13 bits per heavy atom. The minimum atomic E-state index is 0.354. The van der Waals surface area contributed by atoms with Gasteiger partial charge in [0.25, 0.3) is 0 Å². The van der Waals surface area contributed by atoms with Crippen LogP contribution in [-0.4, -0.2) is 17.7 Å². The lowest BCUT2D eigenvalue weighted by Crippen LogP contribution is -2.81. The third kappa shape index (κ3) is 4.36. The highest BCUT2D eigenvalue weighted by Gasteiger charge is 2.15. The van der Waals surface area contributed by atoms with E-state index >= 15 is 0 Å². The zero-order valence-corrected chi connectivity index (χ0v) is 14.2. The summed E-state index contributed by atoms with van der Waals surface area (Å²) < 4.78 is 0. The molecule has 0 radical (unpaired) electrons. The number of nitrogens with one attached hydrogen (secondary N) is 1. The fourth-order valence-corrected chi connectivity index (χ4v) is 2.86. The molecule has 0 aliphatic rings. The van der Waals surface area contributed by atoms with Crippen LogP contribution in [0.1, 0.15) is 16.8 Å². The number of rotatable bonds is 6. The maximum absolute atomic E-state index is 6.89. The van der Waals surface area contributed by atoms with Gasteiger partial charge in [-0.2, -0.15) is 4.99 Å². The minimum absolute atomic E-state index is 0.354. The van der Waals surface area contributed by atoms with Gasteiger partial charge in [0.05, 0.1) is 10.7 Å². The monoisotopic (exact) mass is 350 g/mol. The quantitative estimate of drug-likeness (QED) is 0.551. The van der Waals surface area contributed by atoms with Crippen LogP contribution < -0.4 is 11.1 Å². The zero-order valence-electron chi connectivity index (χ0n) is 12.7. The SMILES string of the molecule is Cc1cc(C[NH2+]C=NC=N)c(CN)c(-c2ccc(Cl)cc2Cl)n1. The van der Waals surface area contributed by atoms with Gasteiger partial charge in [-0.1, -0.05) is 23.2 Å². The fraction of sp³-hybridized carbons (Fsp3) is 0.188. The van der Waals surface area contributed by atoms with Crippen molar-refractivity contribution in [3.8, 4) is 11.3 Å². The number of quaternary nitrogens is 1. The van der Waals surface area contributed by atoms with E-state index in [0.29, 0.717) is 23.1 Å². The van der Waals surface area contributed by atoms with Gasteiger partial charge in [0.1, 0.15) is 12.9 Å². The van der Waals surface area contributed by atoms with Crippen LogP contribution in [0.5, 0.6) is 0 Å². The summed E-state index contributed by atoms with van der Waals surface area (Å²) in [5.41, 5.74) is 10.4. The molecule has 0 spiro atoms. The van der Waals surface area contributed by atoms with E-state index in [9.17, 15) is 0 Å². The molecule has 5 N–H and O–H groups in total. The molecule has 23 heavy (non-hydrogen) atoms. The van der Waals surface area contributed by atoms with Crippen molar-refractivity contribution in [1.82, 2.24) is 4.98 Å². The van der Waals surface area contributed by atoms with Crippen molar-refractivity contribution in [3.63, 3.8) is 0 Å². The Balaban J connectivity index is 2.48. The number of nitrogens with zero attached hydrogens (tertiary/aromatic N) is 2. The van der Waals surface area contributed by atoms with Crippen molar-refractivity contribution in [2.45, 2.75) is 20.0 Å². The summed E-state index contributed by atoms with van der Waals surface area (Å²) in [6.07, 6.45) is 2.59. The van der Waals surface area contributed by atoms with Gasteiger partial charge in [0, 0.05) is 34.0 Å². The summed E-state index contributed by atoms with van der Waals surface area (Å²) in [6.45, 7) is 2.95. The topological polar surface area (TPSA) is 91.7 Å². The molecule has 0 unspecified atom stereocenters. The smallest absolute Gasteiger partial charge is 0.188 e. The van der Waals surface area contributed by atoms with E-state index in [-0.39, 0.29) is 0 Å². The average Bonchev–Trinajstić information content (AvgIpc) is 2.51. The van der Waals surface area contributed by atoms with Crippen LogP contribution in [0.2, 0.25) is 10.0 Å². The Bertz CT molecular complexity index is 743. The molecule has 1 aromatic carbocycles. The van der Waals surface area contributed by atoms with Crippen LogP contribution in [0.25, 0.3) is 11.3 Å². The molecule has 2 rings (SSSR count). The first-order valence-electron chi connectivity index (χ1n) is 7.05. The molecule has 120 valence electrons. The second-order valence-electron chi connectivity index (χ2n) is 4.95. The number of aliphatic imine (C=N–C) groups is 1. The number of hydrogen-bond donors (Lipinski definition) is 3. The third-order valence-electron chi connectivity index (χ3n) is 3.34. The molecule has 0 atom stereocenters. The molecule has 2 aromatic rings. The normalized spacial score (nSPS) is 11.1. The molecule has 0 bridgehead atoms. The maximum Gasteiger partial charge on any atom is 0.188 e. The van der Waals surface area contributed by atoms with Gasteiger partial charge in [-0.05, 0) is 31.2 Å². The number of aromatic nitrogens is 1. The summed E-state index contributed by atoms with van der Waals surface area (Å²) in [4.78, 5) is 8.37. The first-order valence-corrected chi connectivity index (χ1v) is 7.81. The number of benzene rings is 1. The summed E-state index contributed by atoms with van der Waals surface area (Å²) in [6, 6.07) is 7.35. The Hall–Kier alpha value is -1.79. The van der Waals surface area contributed by atoms with Crippen molar-refractivity contribution in [2.75, 3.05) is 0 Å². The van der Waals surface area contributed by atoms with Crippen molar-refractivity contribution >= 4 is 35.9 Å². The number of aryl methyl sites for hydroxylation is 1. The Morgan fingerprint density at radius 3 is 2.78 bits per heavy atom. The van der Waals surface area contributed by atoms with Crippen LogP contribution in [0.15, 0.2) is 29.3 Å². The molecule has 0 amide bonds. The highest BCUT2D eigenvalue weighted by molar-refractivity contribution is 6.36. The molecule has 1 heterocycles. The van der Waals surface area contributed by atoms with Gasteiger partial charge in [-0.3, -0.25) is 15.7 Å². The standard InChI is InChI=1S/C16H17Cl2N5/c1-10-4-11(7-21-9-22-8-20)14(6-19)16(23-10)13-3-2-12(17)5-15(13)18/h2-5,8-9H,6-7,19H2,1H3,(H2,20,21,22)/p+1. The van der Waals surface area contributed by atoms with Gasteiger partial charge in [-0.25, -0.2) is 0 Å². The summed E-state index contributed by atoms with van der Waals surface area (Å²) in [5, 5.41) is 9.90. The van der Waals surface area contributed by atoms with Gasteiger partial charge >= 0.3 is 0 Å². The van der Waals surface area contributed by atoms with E-state index in [0.717, 1.165) is 34.4 Å². The molecule has 0 saturated heterocycles. The lowest BCUT2D eigenvalue weighted by molar-refractivity contribution is -0.547. The molecule has 1 aromatic heterocycles. The second-order valence-corrected chi connectivity index (χ2v) is 5.79. The average molecular weight is 351 g/mol. The van der Waals surface area contributed by atoms with Crippen LogP contribution in [0, 0.1) is 12.3 Å². The number of halogens is 2. The molecule has 7 heteroatoms. The molecule has 0 aliphatic carbocycles. The highest BCUT2D eigenvalue weighted by atomic mass is 35.5. The lowest BCUT2D eigenvalue weighted by Gasteiger charge is -2.14. The van der Waals surface area contributed by atoms with Gasteiger partial charge in [-0.15, -0.1) is 0 Å². The summed E-state index contributed by atoms with van der Waals surface area (Å²) in [7, 11) is 0. The van der Waals surface area contributed by atoms with Crippen molar-refractivity contribution < 1.29 is 5.32 Å². The third-order valence-corrected chi connectivity index (χ3v) is 3.89. The number of nitrogens with two attached hydrogens (primary N) is 2. The highest BCUT2D eigenvalue weighted by Crippen LogP contribution is 2.32. The Morgan fingerprint density at radius 1 is 1.35 bits per heavy atom. The van der Waals surface area contributed by atoms with E-state index in [4.69, 9.17) is 34.3 Å². The summed E-state index contributed by atoms with van der Waals surface area (Å²) in [5.74, 6) is 0. The molecular weight excluding hydrogens is 333 g/mol. The number of hydrogen-bond acceptors (Lipinski definition) is 3. The van der Waals surface area contributed by atoms with Gasteiger partial charge in [0.2, 0.25) is 0 Å². The second kappa shape index (κ2) is 8.17. The van der Waals surface area contributed by atoms with Crippen molar-refractivity contribution in [1.29, 1.82) is 5.41 Å². The Labute approximate surface area is 145 Å². The van der Waals surface area contributed by atoms with Crippen LogP contribution in [0.4, 0.5) is 0 Å². The van der Waals surface area contributed by atoms with E-state index in [1.165, 1.54) is 0 Å². The fourth-order valence-electron chi connectivity index (χ4n) is 2.37. The number of pyridine rings is 1. The molecule has 5 nitrogen and oxygen atoms in total. The molecule has 0 aliphatic heterocycles. The van der Waals surface area contributed by atoms with E-state index in [1.807, 2.05) is 24.4 Å². The molecule has 0 fully saturated rings. The van der Waals surface area contributed by atoms with E-state index in [2.05, 4.69) is 9.98 Å². The Kier molecular flexibility index (Phi) is 6.24. The van der Waals surface area contributed by atoms with E-state index in [1.54, 1.807) is 18.5 Å². The maximum atomic E-state index is 6.89. The molecular formula is C16H18Cl2N5+. The predicted octanol–water partition coefficient (Wildman–Crippen LogP) is 2.52. The van der Waals surface area contributed by atoms with Crippen LogP contribution in [0.3, 0.4) is 0 Å². The summed E-state index contributed by atoms with van der Waals surface area (Å²) >= 11 is 12.3. The molecule has 0 saturated carbocycles. The largest absolute Gasteiger partial charge is 0.326 e. The predicted molar refractivity (Wildman–Crippen MR) is 95.2 cm³/mol. The first-order chi connectivity index (χ1) is 11.1. The van der Waals surface area contributed by atoms with Crippen molar-refractivity contribution in [2.24, 2.45) is 10.7 Å².